The normalized spacial score (nSPS) is 11.9. The number of aromatic amines is 1. The lowest BCUT2D eigenvalue weighted by Crippen LogP contribution is -2.38. The highest BCUT2D eigenvalue weighted by atomic mass is 127. The van der Waals surface area contributed by atoms with Crippen LogP contribution in [0.5, 0.6) is 0 Å². The molecule has 0 aliphatic heterocycles. The van der Waals surface area contributed by atoms with Gasteiger partial charge in [-0.05, 0) is 54.8 Å². The van der Waals surface area contributed by atoms with E-state index in [-0.39, 0.29) is 29.8 Å². The maximum Gasteiger partial charge on any atom is 0.191 e. The molecule has 0 spiro atoms. The first-order valence-electron chi connectivity index (χ1n) is 9.43. The first kappa shape index (κ1) is 24.1. The van der Waals surface area contributed by atoms with Gasteiger partial charge in [0.05, 0.1) is 11.4 Å². The van der Waals surface area contributed by atoms with Crippen molar-refractivity contribution in [2.24, 2.45) is 4.99 Å². The average Bonchev–Trinajstić information content (AvgIpc) is 3.07. The van der Waals surface area contributed by atoms with Gasteiger partial charge in [-0.2, -0.15) is 0 Å². The fourth-order valence-electron chi connectivity index (χ4n) is 3.04. The molecule has 0 amide bonds. The molecule has 3 N–H and O–H groups in total. The Bertz CT molecular complexity index is 1110. The molecule has 162 valence electrons. The molecular formula is C21H26FIN4O2S. The second-order valence-electron chi connectivity index (χ2n) is 6.79. The van der Waals surface area contributed by atoms with Crippen LogP contribution in [0.3, 0.4) is 0 Å². The highest BCUT2D eigenvalue weighted by Crippen LogP contribution is 2.19. The molecule has 0 aliphatic rings. The predicted molar refractivity (Wildman–Crippen MR) is 130 cm³/mol. The number of aliphatic imine (C=N–C) groups is 1. The zero-order valence-electron chi connectivity index (χ0n) is 16.9. The molecule has 6 nitrogen and oxygen atoms in total. The number of nitrogens with zero attached hydrogens (tertiary/aromatic N) is 1. The number of H-pyrrole nitrogens is 1. The number of nitrogens with one attached hydrogen (secondary N) is 3. The number of rotatable bonds is 7. The van der Waals surface area contributed by atoms with E-state index in [1.807, 2.05) is 13.1 Å². The van der Waals surface area contributed by atoms with Crippen LogP contribution in [-0.4, -0.2) is 38.7 Å². The van der Waals surface area contributed by atoms with Crippen LogP contribution in [0.2, 0.25) is 0 Å². The SMILES string of the molecule is CCNC(=NCc1ccc(S(C)(=O)=O)cc1)NCCc1c[nH]c2cc(F)ccc12.I. The summed E-state index contributed by atoms with van der Waals surface area (Å²) in [5.74, 6) is 0.431. The molecule has 30 heavy (non-hydrogen) atoms. The molecule has 3 rings (SSSR count). The molecule has 1 heterocycles. The second-order valence-corrected chi connectivity index (χ2v) is 8.81. The molecule has 2 aromatic carbocycles. The summed E-state index contributed by atoms with van der Waals surface area (Å²) in [6, 6.07) is 11.5. The third-order valence-electron chi connectivity index (χ3n) is 4.53. The first-order chi connectivity index (χ1) is 13.9. The van der Waals surface area contributed by atoms with E-state index < -0.39 is 9.84 Å². The van der Waals surface area contributed by atoms with E-state index in [4.69, 9.17) is 0 Å². The number of sulfone groups is 1. The smallest absolute Gasteiger partial charge is 0.191 e. The summed E-state index contributed by atoms with van der Waals surface area (Å²) in [7, 11) is -3.20. The Kier molecular flexibility index (Phi) is 8.65. The van der Waals surface area contributed by atoms with Gasteiger partial charge < -0.3 is 15.6 Å². The van der Waals surface area contributed by atoms with Crippen molar-refractivity contribution in [2.75, 3.05) is 19.3 Å². The van der Waals surface area contributed by atoms with E-state index >= 15 is 0 Å². The third-order valence-corrected chi connectivity index (χ3v) is 5.66. The van der Waals surface area contributed by atoms with Crippen LogP contribution in [0.25, 0.3) is 10.9 Å². The van der Waals surface area contributed by atoms with Crippen molar-refractivity contribution in [1.29, 1.82) is 0 Å². The van der Waals surface area contributed by atoms with Crippen molar-refractivity contribution in [2.45, 2.75) is 24.8 Å². The largest absolute Gasteiger partial charge is 0.361 e. The topological polar surface area (TPSA) is 86.3 Å². The number of hydrogen-bond acceptors (Lipinski definition) is 3. The van der Waals surface area contributed by atoms with Gasteiger partial charge in [-0.25, -0.2) is 17.8 Å². The molecule has 0 bridgehead atoms. The Hall–Kier alpha value is -2.14. The Labute approximate surface area is 193 Å². The minimum atomic E-state index is -3.20. The molecule has 0 unspecified atom stereocenters. The number of hydrogen-bond donors (Lipinski definition) is 3. The van der Waals surface area contributed by atoms with E-state index in [1.54, 1.807) is 30.3 Å². The van der Waals surface area contributed by atoms with Gasteiger partial charge in [0.25, 0.3) is 0 Å². The minimum Gasteiger partial charge on any atom is -0.361 e. The molecule has 9 heteroatoms. The summed E-state index contributed by atoms with van der Waals surface area (Å²) in [6.07, 6.45) is 3.86. The van der Waals surface area contributed by atoms with Crippen molar-refractivity contribution in [3.8, 4) is 0 Å². The maximum absolute atomic E-state index is 13.3. The second kappa shape index (κ2) is 10.8. The summed E-state index contributed by atoms with van der Waals surface area (Å²) in [4.78, 5) is 7.95. The Morgan fingerprint density at radius 3 is 2.53 bits per heavy atom. The number of aromatic nitrogens is 1. The highest BCUT2D eigenvalue weighted by molar-refractivity contribution is 14.0. The summed E-state index contributed by atoms with van der Waals surface area (Å²) >= 11 is 0. The predicted octanol–water partition coefficient (Wildman–Crippen LogP) is 3.63. The lowest BCUT2D eigenvalue weighted by Gasteiger charge is -2.11. The average molecular weight is 544 g/mol. The molecule has 0 radical (unpaired) electrons. The summed E-state index contributed by atoms with van der Waals surface area (Å²) in [5, 5.41) is 7.51. The molecular weight excluding hydrogens is 518 g/mol. The Morgan fingerprint density at radius 1 is 1.13 bits per heavy atom. The van der Waals surface area contributed by atoms with Crippen LogP contribution >= 0.6 is 24.0 Å². The van der Waals surface area contributed by atoms with Crippen molar-refractivity contribution < 1.29 is 12.8 Å². The van der Waals surface area contributed by atoms with Gasteiger partial charge in [0.15, 0.2) is 15.8 Å². The Balaban J connectivity index is 0.00000320. The van der Waals surface area contributed by atoms with Crippen molar-refractivity contribution in [1.82, 2.24) is 15.6 Å². The van der Waals surface area contributed by atoms with E-state index in [2.05, 4.69) is 20.6 Å². The monoisotopic (exact) mass is 544 g/mol. The van der Waals surface area contributed by atoms with Crippen molar-refractivity contribution >= 4 is 50.7 Å². The van der Waals surface area contributed by atoms with Gasteiger partial charge in [-0.15, -0.1) is 24.0 Å². The minimum absolute atomic E-state index is 0. The molecule has 0 aliphatic carbocycles. The summed E-state index contributed by atoms with van der Waals surface area (Å²) in [6.45, 7) is 3.83. The Morgan fingerprint density at radius 2 is 1.87 bits per heavy atom. The molecule has 0 saturated heterocycles. The zero-order chi connectivity index (χ0) is 20.9. The molecule has 0 atom stereocenters. The van der Waals surface area contributed by atoms with Gasteiger partial charge in [0, 0.05) is 36.4 Å². The fraction of sp³-hybridized carbons (Fsp3) is 0.286. The third kappa shape index (κ3) is 6.43. The van der Waals surface area contributed by atoms with Gasteiger partial charge >= 0.3 is 0 Å². The van der Waals surface area contributed by atoms with E-state index in [9.17, 15) is 12.8 Å². The van der Waals surface area contributed by atoms with Gasteiger partial charge in [0.1, 0.15) is 5.82 Å². The molecule has 3 aromatic rings. The molecule has 0 fully saturated rings. The molecule has 1 aromatic heterocycles. The number of guanidine groups is 1. The van der Waals surface area contributed by atoms with Crippen LogP contribution in [0.1, 0.15) is 18.1 Å². The van der Waals surface area contributed by atoms with Crippen LogP contribution in [0.4, 0.5) is 4.39 Å². The first-order valence-corrected chi connectivity index (χ1v) is 11.3. The number of halogens is 2. The van der Waals surface area contributed by atoms with Gasteiger partial charge in [-0.3, -0.25) is 0 Å². The standard InChI is InChI=1S/C21H25FN4O2S.HI/c1-3-23-21(26-13-15-4-7-18(8-5-15)29(2,27)28)24-11-10-16-14-25-20-12-17(22)6-9-19(16)20;/h4-9,12,14,25H,3,10-11,13H2,1-2H3,(H2,23,24,26);1H. The van der Waals surface area contributed by atoms with Gasteiger partial charge in [-0.1, -0.05) is 12.1 Å². The number of fused-ring (bicyclic) bond motifs is 1. The van der Waals surface area contributed by atoms with E-state index in [1.165, 1.54) is 18.4 Å². The maximum atomic E-state index is 13.3. The highest BCUT2D eigenvalue weighted by Gasteiger charge is 2.07. The number of benzene rings is 2. The van der Waals surface area contributed by atoms with Crippen LogP contribution in [0, 0.1) is 5.82 Å². The van der Waals surface area contributed by atoms with Crippen LogP contribution in [0.15, 0.2) is 58.5 Å². The summed E-state index contributed by atoms with van der Waals surface area (Å²) < 4.78 is 36.4. The quantitative estimate of drug-likeness (QED) is 0.241. The van der Waals surface area contributed by atoms with Crippen LogP contribution < -0.4 is 10.6 Å². The van der Waals surface area contributed by atoms with E-state index in [0.29, 0.717) is 23.9 Å². The van der Waals surface area contributed by atoms with Crippen molar-refractivity contribution in [3.63, 3.8) is 0 Å². The lowest BCUT2D eigenvalue weighted by molar-refractivity contribution is 0.602. The van der Waals surface area contributed by atoms with Gasteiger partial charge in [0.2, 0.25) is 0 Å². The summed E-state index contributed by atoms with van der Waals surface area (Å²) in [5.41, 5.74) is 2.83. The van der Waals surface area contributed by atoms with E-state index in [0.717, 1.165) is 35.0 Å². The van der Waals surface area contributed by atoms with Crippen molar-refractivity contribution in [3.05, 3.63) is 65.6 Å². The fourth-order valence-corrected chi connectivity index (χ4v) is 3.67. The zero-order valence-corrected chi connectivity index (χ0v) is 20.1. The molecule has 0 saturated carbocycles. The lowest BCUT2D eigenvalue weighted by atomic mass is 10.1. The van der Waals surface area contributed by atoms with Crippen LogP contribution in [-0.2, 0) is 22.8 Å².